The molecule has 0 spiro atoms. The fourth-order valence-corrected chi connectivity index (χ4v) is 2.06. The summed E-state index contributed by atoms with van der Waals surface area (Å²) in [6, 6.07) is 5.36. The van der Waals surface area contributed by atoms with E-state index in [9.17, 15) is 9.59 Å². The molecule has 0 aliphatic rings. The molecule has 2 N–H and O–H groups in total. The molecule has 1 aromatic carbocycles. The average molecular weight is 316 g/mol. The Kier molecular flexibility index (Phi) is 5.74. The van der Waals surface area contributed by atoms with Gasteiger partial charge in [-0.05, 0) is 31.0 Å². The predicted octanol–water partition coefficient (Wildman–Crippen LogP) is 1.35. The van der Waals surface area contributed by atoms with Crippen LogP contribution in [0.2, 0.25) is 0 Å². The molecule has 0 saturated heterocycles. The second-order valence-corrected chi connectivity index (χ2v) is 5.07. The molecule has 0 bridgehead atoms. The quantitative estimate of drug-likeness (QED) is 0.622. The van der Waals surface area contributed by atoms with Crippen LogP contribution in [0.4, 0.5) is 5.69 Å². The average Bonchev–Trinajstić information content (AvgIpc) is 3.05. The largest absolute Gasteiger partial charge is 0.495 e. The van der Waals surface area contributed by atoms with Gasteiger partial charge in [-0.3, -0.25) is 9.59 Å². The van der Waals surface area contributed by atoms with Gasteiger partial charge >= 0.3 is 11.8 Å². The summed E-state index contributed by atoms with van der Waals surface area (Å²) in [5.41, 5.74) is 1.44. The maximum atomic E-state index is 11.9. The first kappa shape index (κ1) is 16.5. The third kappa shape index (κ3) is 4.84. The molecule has 0 radical (unpaired) electrons. The number of anilines is 1. The lowest BCUT2D eigenvalue weighted by Crippen LogP contribution is -2.36. The number of amides is 2. The molecule has 2 aromatic rings. The zero-order chi connectivity index (χ0) is 16.7. The lowest BCUT2D eigenvalue weighted by Gasteiger charge is -2.11. The van der Waals surface area contributed by atoms with Crippen LogP contribution in [0.5, 0.6) is 5.75 Å². The molecule has 0 saturated carbocycles. The molecule has 122 valence electrons. The molecule has 7 nitrogen and oxygen atoms in total. The van der Waals surface area contributed by atoms with Gasteiger partial charge in [-0.1, -0.05) is 6.07 Å². The number of imidazole rings is 1. The molecular formula is C16H20N4O3. The van der Waals surface area contributed by atoms with Crippen molar-refractivity contribution in [2.45, 2.75) is 19.9 Å². The van der Waals surface area contributed by atoms with Crippen molar-refractivity contribution in [2.75, 3.05) is 19.0 Å². The van der Waals surface area contributed by atoms with Crippen LogP contribution in [0.3, 0.4) is 0 Å². The zero-order valence-electron chi connectivity index (χ0n) is 13.2. The number of ether oxygens (including phenoxy) is 1. The van der Waals surface area contributed by atoms with Crippen molar-refractivity contribution in [3.63, 3.8) is 0 Å². The van der Waals surface area contributed by atoms with Crippen molar-refractivity contribution in [1.82, 2.24) is 14.9 Å². The minimum absolute atomic E-state index is 0.412. The molecule has 7 heteroatoms. The number of carbonyl (C=O) groups excluding carboxylic acids is 2. The van der Waals surface area contributed by atoms with Gasteiger partial charge in [-0.2, -0.15) is 0 Å². The number of hydrogen-bond acceptors (Lipinski definition) is 4. The molecule has 0 atom stereocenters. The molecular weight excluding hydrogens is 296 g/mol. The Balaban J connectivity index is 1.80. The zero-order valence-corrected chi connectivity index (χ0v) is 13.2. The van der Waals surface area contributed by atoms with Crippen LogP contribution >= 0.6 is 0 Å². The monoisotopic (exact) mass is 316 g/mol. The number of hydrogen-bond donors (Lipinski definition) is 2. The number of methoxy groups -OCH3 is 1. The van der Waals surface area contributed by atoms with Gasteiger partial charge in [0.15, 0.2) is 0 Å². The number of aryl methyl sites for hydroxylation is 2. The lowest BCUT2D eigenvalue weighted by atomic mass is 10.2. The third-order valence-electron chi connectivity index (χ3n) is 3.25. The summed E-state index contributed by atoms with van der Waals surface area (Å²) in [5, 5.41) is 5.16. The first-order valence-electron chi connectivity index (χ1n) is 7.29. The summed E-state index contributed by atoms with van der Waals surface area (Å²) >= 11 is 0. The lowest BCUT2D eigenvalue weighted by molar-refractivity contribution is -0.136. The van der Waals surface area contributed by atoms with Crippen molar-refractivity contribution in [3.05, 3.63) is 42.5 Å². The second kappa shape index (κ2) is 7.98. The molecule has 0 aliphatic carbocycles. The smallest absolute Gasteiger partial charge is 0.313 e. The number of nitrogens with zero attached hydrogens (tertiary/aromatic N) is 2. The van der Waals surface area contributed by atoms with Crippen LogP contribution < -0.4 is 15.4 Å². The van der Waals surface area contributed by atoms with E-state index in [1.807, 2.05) is 23.8 Å². The molecule has 0 unspecified atom stereocenters. The van der Waals surface area contributed by atoms with Crippen molar-refractivity contribution < 1.29 is 14.3 Å². The minimum atomic E-state index is -0.712. The number of nitrogens with one attached hydrogen (secondary N) is 2. The number of benzene rings is 1. The van der Waals surface area contributed by atoms with E-state index in [0.29, 0.717) is 24.4 Å². The van der Waals surface area contributed by atoms with Gasteiger partial charge in [0.05, 0.1) is 19.1 Å². The van der Waals surface area contributed by atoms with Crippen LogP contribution in [-0.4, -0.2) is 35.0 Å². The number of aromatic nitrogens is 2. The first-order valence-corrected chi connectivity index (χ1v) is 7.29. The van der Waals surface area contributed by atoms with Gasteiger partial charge in [0, 0.05) is 25.5 Å². The van der Waals surface area contributed by atoms with Crippen molar-refractivity contribution in [2.24, 2.45) is 0 Å². The third-order valence-corrected chi connectivity index (χ3v) is 3.25. The van der Waals surface area contributed by atoms with Crippen LogP contribution in [0.25, 0.3) is 0 Å². The highest BCUT2D eigenvalue weighted by molar-refractivity contribution is 6.39. The summed E-state index contributed by atoms with van der Waals surface area (Å²) < 4.78 is 7.07. The maximum Gasteiger partial charge on any atom is 0.313 e. The van der Waals surface area contributed by atoms with Gasteiger partial charge in [-0.25, -0.2) is 4.98 Å². The van der Waals surface area contributed by atoms with Gasteiger partial charge in [-0.15, -0.1) is 0 Å². The van der Waals surface area contributed by atoms with Crippen LogP contribution in [0.1, 0.15) is 12.0 Å². The Hall–Kier alpha value is -2.83. The van der Waals surface area contributed by atoms with Crippen molar-refractivity contribution in [3.8, 4) is 5.75 Å². The predicted molar refractivity (Wildman–Crippen MR) is 86.2 cm³/mol. The van der Waals surface area contributed by atoms with E-state index in [2.05, 4.69) is 15.6 Å². The number of rotatable bonds is 6. The molecule has 1 heterocycles. The summed E-state index contributed by atoms with van der Waals surface area (Å²) in [6.07, 6.45) is 5.96. The molecule has 1 aromatic heterocycles. The van der Waals surface area contributed by atoms with Gasteiger partial charge in [0.1, 0.15) is 5.75 Å². The highest BCUT2D eigenvalue weighted by Gasteiger charge is 2.15. The van der Waals surface area contributed by atoms with Gasteiger partial charge in [0.2, 0.25) is 0 Å². The first-order chi connectivity index (χ1) is 11.1. The van der Waals surface area contributed by atoms with E-state index in [1.165, 1.54) is 7.11 Å². The summed E-state index contributed by atoms with van der Waals surface area (Å²) in [7, 11) is 1.51. The second-order valence-electron chi connectivity index (χ2n) is 5.07. The summed E-state index contributed by atoms with van der Waals surface area (Å²) in [6.45, 7) is 3.04. The topological polar surface area (TPSA) is 85.2 Å². The van der Waals surface area contributed by atoms with E-state index >= 15 is 0 Å². The Labute approximate surface area is 134 Å². The van der Waals surface area contributed by atoms with Gasteiger partial charge < -0.3 is 19.9 Å². The Morgan fingerprint density at radius 2 is 2.13 bits per heavy atom. The van der Waals surface area contributed by atoms with Crippen molar-refractivity contribution >= 4 is 17.5 Å². The van der Waals surface area contributed by atoms with E-state index in [-0.39, 0.29) is 0 Å². The van der Waals surface area contributed by atoms with E-state index in [1.54, 1.807) is 24.7 Å². The highest BCUT2D eigenvalue weighted by Crippen LogP contribution is 2.24. The Morgan fingerprint density at radius 1 is 1.30 bits per heavy atom. The van der Waals surface area contributed by atoms with Crippen molar-refractivity contribution in [1.29, 1.82) is 0 Å². The Morgan fingerprint density at radius 3 is 2.83 bits per heavy atom. The van der Waals surface area contributed by atoms with Gasteiger partial charge in [0.25, 0.3) is 0 Å². The fourth-order valence-electron chi connectivity index (χ4n) is 2.06. The molecule has 0 fully saturated rings. The maximum absolute atomic E-state index is 11.9. The van der Waals surface area contributed by atoms with Crippen LogP contribution in [0.15, 0.2) is 36.9 Å². The normalized spacial score (nSPS) is 10.2. The Bertz CT molecular complexity index is 668. The molecule has 2 rings (SSSR count). The molecule has 0 aliphatic heterocycles. The highest BCUT2D eigenvalue weighted by atomic mass is 16.5. The van der Waals surface area contributed by atoms with E-state index < -0.39 is 11.8 Å². The van der Waals surface area contributed by atoms with E-state index in [0.717, 1.165) is 12.1 Å². The SMILES string of the molecule is COc1ccc(C)cc1NC(=O)C(=O)NCCCn1ccnc1. The minimum Gasteiger partial charge on any atom is -0.495 e. The molecule has 23 heavy (non-hydrogen) atoms. The van der Waals surface area contributed by atoms with Crippen LogP contribution in [0, 0.1) is 6.92 Å². The number of carbonyl (C=O) groups is 2. The fraction of sp³-hybridized carbons (Fsp3) is 0.312. The summed E-state index contributed by atoms with van der Waals surface area (Å²) in [4.78, 5) is 27.7. The standard InChI is InChI=1S/C16H20N4O3/c1-12-4-5-14(23-2)13(10-12)19-16(22)15(21)18-6-3-8-20-9-7-17-11-20/h4-5,7,9-11H,3,6,8H2,1-2H3,(H,18,21)(H,19,22). The van der Waals surface area contributed by atoms with E-state index in [4.69, 9.17) is 4.74 Å². The van der Waals surface area contributed by atoms with Crippen LogP contribution in [-0.2, 0) is 16.1 Å². The summed E-state index contributed by atoms with van der Waals surface area (Å²) in [5.74, 6) is -0.868. The molecule has 2 amide bonds.